The number of carbonyl (C=O) groups is 1. The summed E-state index contributed by atoms with van der Waals surface area (Å²) in [6.45, 7) is 12.9. The third-order valence-electron chi connectivity index (χ3n) is 3.10. The Morgan fingerprint density at radius 3 is 2.05 bits per heavy atom. The molecule has 0 spiro atoms. The zero-order chi connectivity index (χ0) is 17.4. The molecular weight excluding hydrogens is 284 g/mol. The van der Waals surface area contributed by atoms with Crippen molar-refractivity contribution in [2.24, 2.45) is 5.92 Å². The van der Waals surface area contributed by atoms with Gasteiger partial charge in [0.05, 0.1) is 0 Å². The van der Waals surface area contributed by atoms with Gasteiger partial charge in [0.2, 0.25) is 0 Å². The highest BCUT2D eigenvalue weighted by molar-refractivity contribution is 5.67. The molecular formula is C16H34N2O4. The van der Waals surface area contributed by atoms with Gasteiger partial charge in [0.25, 0.3) is 0 Å². The molecule has 1 unspecified atom stereocenters. The van der Waals surface area contributed by atoms with Gasteiger partial charge in [-0.15, -0.1) is 0 Å². The van der Waals surface area contributed by atoms with E-state index < -0.39 is 11.7 Å². The fourth-order valence-corrected chi connectivity index (χ4v) is 2.28. The number of alkyl carbamates (subject to hydrolysis) is 1. The summed E-state index contributed by atoms with van der Waals surface area (Å²) in [6.07, 6.45) is 0.190. The largest absolute Gasteiger partial charge is 0.444 e. The van der Waals surface area contributed by atoms with E-state index in [-0.39, 0.29) is 11.8 Å². The number of rotatable bonds is 9. The highest BCUT2D eigenvalue weighted by Crippen LogP contribution is 2.16. The van der Waals surface area contributed by atoms with E-state index in [2.05, 4.69) is 31.4 Å². The van der Waals surface area contributed by atoms with Gasteiger partial charge >= 0.3 is 6.09 Å². The molecule has 0 rings (SSSR count). The van der Waals surface area contributed by atoms with E-state index in [1.807, 2.05) is 20.8 Å². The highest BCUT2D eigenvalue weighted by atomic mass is 16.7. The molecule has 0 radical (unpaired) electrons. The van der Waals surface area contributed by atoms with Crippen LogP contribution in [-0.2, 0) is 14.2 Å². The molecule has 2 N–H and O–H groups in total. The maximum absolute atomic E-state index is 11.8. The molecule has 22 heavy (non-hydrogen) atoms. The maximum atomic E-state index is 11.8. The van der Waals surface area contributed by atoms with Gasteiger partial charge in [0.1, 0.15) is 5.60 Å². The van der Waals surface area contributed by atoms with Gasteiger partial charge in [-0.2, -0.15) is 0 Å². The minimum absolute atomic E-state index is 0.264. The number of amides is 1. The van der Waals surface area contributed by atoms with Crippen molar-refractivity contribution in [1.82, 2.24) is 10.6 Å². The van der Waals surface area contributed by atoms with Crippen LogP contribution in [0.2, 0.25) is 0 Å². The maximum Gasteiger partial charge on any atom is 0.407 e. The van der Waals surface area contributed by atoms with Crippen LogP contribution in [0.5, 0.6) is 0 Å². The Hall–Kier alpha value is -0.850. The quantitative estimate of drug-likeness (QED) is 0.639. The van der Waals surface area contributed by atoms with Crippen LogP contribution in [0.25, 0.3) is 0 Å². The molecule has 6 nitrogen and oxygen atoms in total. The van der Waals surface area contributed by atoms with Gasteiger partial charge in [-0.3, -0.25) is 0 Å². The molecule has 0 aliphatic rings. The molecule has 0 saturated carbocycles. The fraction of sp³-hybridized carbons (Fsp3) is 0.938. The second kappa shape index (κ2) is 9.33. The van der Waals surface area contributed by atoms with E-state index in [0.717, 1.165) is 6.42 Å². The molecule has 0 aromatic carbocycles. The van der Waals surface area contributed by atoms with Crippen LogP contribution in [0.1, 0.15) is 48.0 Å². The van der Waals surface area contributed by atoms with Crippen LogP contribution >= 0.6 is 0 Å². The zero-order valence-corrected chi connectivity index (χ0v) is 15.4. The summed E-state index contributed by atoms with van der Waals surface area (Å²) >= 11 is 0. The van der Waals surface area contributed by atoms with Crippen molar-refractivity contribution < 1.29 is 19.0 Å². The fourth-order valence-electron chi connectivity index (χ4n) is 2.28. The molecule has 1 atom stereocenters. The number of carbonyl (C=O) groups excluding carboxylic acids is 1. The number of methoxy groups -OCH3 is 2. The lowest BCUT2D eigenvalue weighted by atomic mass is 9.90. The van der Waals surface area contributed by atoms with Crippen molar-refractivity contribution in [3.8, 4) is 0 Å². The second-order valence-electron chi connectivity index (χ2n) is 7.30. The molecule has 1 amide bonds. The zero-order valence-electron chi connectivity index (χ0n) is 15.4. The lowest BCUT2D eigenvalue weighted by Gasteiger charge is -2.34. The van der Waals surface area contributed by atoms with E-state index in [4.69, 9.17) is 14.2 Å². The summed E-state index contributed by atoms with van der Waals surface area (Å²) in [4.78, 5) is 11.8. The number of ether oxygens (including phenoxy) is 3. The Morgan fingerprint density at radius 1 is 1.09 bits per heavy atom. The van der Waals surface area contributed by atoms with Crippen molar-refractivity contribution in [2.45, 2.75) is 65.4 Å². The van der Waals surface area contributed by atoms with Crippen molar-refractivity contribution in [3.05, 3.63) is 0 Å². The average Bonchev–Trinajstić information content (AvgIpc) is 2.35. The Morgan fingerprint density at radius 2 is 1.64 bits per heavy atom. The molecule has 0 aromatic rings. The van der Waals surface area contributed by atoms with Crippen molar-refractivity contribution >= 4 is 6.09 Å². The third kappa shape index (κ3) is 9.97. The SMILES string of the molecule is COC(CNC(C)(CNC(=O)OC(C)(C)C)CC(C)C)OC. The van der Waals surface area contributed by atoms with Crippen molar-refractivity contribution in [2.75, 3.05) is 27.3 Å². The molecule has 0 saturated heterocycles. The first-order chi connectivity index (χ1) is 10.0. The first-order valence-corrected chi connectivity index (χ1v) is 7.79. The van der Waals surface area contributed by atoms with E-state index >= 15 is 0 Å². The van der Waals surface area contributed by atoms with Gasteiger partial charge in [0, 0.05) is 32.8 Å². The van der Waals surface area contributed by atoms with Gasteiger partial charge in [-0.05, 0) is 40.0 Å². The predicted molar refractivity (Wildman–Crippen MR) is 87.9 cm³/mol. The van der Waals surface area contributed by atoms with E-state index in [9.17, 15) is 4.79 Å². The van der Waals surface area contributed by atoms with Crippen LogP contribution in [0, 0.1) is 5.92 Å². The molecule has 0 fully saturated rings. The van der Waals surface area contributed by atoms with Crippen LogP contribution in [0.4, 0.5) is 4.79 Å². The van der Waals surface area contributed by atoms with Gasteiger partial charge < -0.3 is 24.8 Å². The molecule has 0 aliphatic carbocycles. The Kier molecular flexibility index (Phi) is 8.96. The van der Waals surface area contributed by atoms with Gasteiger partial charge in [-0.1, -0.05) is 13.8 Å². The summed E-state index contributed by atoms with van der Waals surface area (Å²) in [5.41, 5.74) is -0.760. The smallest absolute Gasteiger partial charge is 0.407 e. The average molecular weight is 318 g/mol. The Labute approximate surface area is 135 Å². The topological polar surface area (TPSA) is 68.8 Å². The second-order valence-corrected chi connectivity index (χ2v) is 7.30. The summed E-state index contributed by atoms with van der Waals surface area (Å²) in [6, 6.07) is 0. The summed E-state index contributed by atoms with van der Waals surface area (Å²) in [5, 5.41) is 6.27. The molecule has 0 aliphatic heterocycles. The number of nitrogens with one attached hydrogen (secondary N) is 2. The number of hydrogen-bond acceptors (Lipinski definition) is 5. The minimum atomic E-state index is -0.497. The van der Waals surface area contributed by atoms with E-state index in [1.165, 1.54) is 0 Å². The normalized spacial score (nSPS) is 15.0. The van der Waals surface area contributed by atoms with Crippen LogP contribution in [0.3, 0.4) is 0 Å². The first-order valence-electron chi connectivity index (χ1n) is 7.79. The van der Waals surface area contributed by atoms with Crippen molar-refractivity contribution in [3.63, 3.8) is 0 Å². The molecule has 132 valence electrons. The molecule has 0 aromatic heterocycles. The van der Waals surface area contributed by atoms with Crippen LogP contribution in [0.15, 0.2) is 0 Å². The highest BCUT2D eigenvalue weighted by Gasteiger charge is 2.27. The minimum Gasteiger partial charge on any atom is -0.444 e. The van der Waals surface area contributed by atoms with Gasteiger partial charge in [-0.25, -0.2) is 4.79 Å². The summed E-state index contributed by atoms with van der Waals surface area (Å²) < 4.78 is 15.7. The monoisotopic (exact) mass is 318 g/mol. The molecule has 0 bridgehead atoms. The molecule has 6 heteroatoms. The summed E-state index contributed by atoms with van der Waals surface area (Å²) in [5.74, 6) is 0.487. The third-order valence-corrected chi connectivity index (χ3v) is 3.10. The van der Waals surface area contributed by atoms with E-state index in [0.29, 0.717) is 19.0 Å². The standard InChI is InChI=1S/C16H34N2O4/c1-12(2)9-16(6,18-10-13(20-7)21-8)11-17-14(19)22-15(3,4)5/h12-13,18H,9-11H2,1-8H3,(H,17,19). The lowest BCUT2D eigenvalue weighted by Crippen LogP contribution is -2.54. The summed E-state index contributed by atoms with van der Waals surface area (Å²) in [7, 11) is 3.21. The first kappa shape index (κ1) is 21.1. The van der Waals surface area contributed by atoms with Crippen LogP contribution in [-0.4, -0.2) is 50.8 Å². The van der Waals surface area contributed by atoms with Crippen molar-refractivity contribution in [1.29, 1.82) is 0 Å². The predicted octanol–water partition coefficient (Wildman–Crippen LogP) is 2.52. The van der Waals surface area contributed by atoms with E-state index in [1.54, 1.807) is 14.2 Å². The Bertz CT molecular complexity index is 325. The Balaban J connectivity index is 4.57. The lowest BCUT2D eigenvalue weighted by molar-refractivity contribution is -0.102. The van der Waals surface area contributed by atoms with Crippen LogP contribution < -0.4 is 10.6 Å². The number of hydrogen-bond donors (Lipinski definition) is 2. The molecule has 0 heterocycles. The van der Waals surface area contributed by atoms with Gasteiger partial charge in [0.15, 0.2) is 6.29 Å².